The Balaban J connectivity index is 2.13. The second kappa shape index (κ2) is 14.1. The van der Waals surface area contributed by atoms with Crippen molar-refractivity contribution >= 4 is 17.7 Å². The highest BCUT2D eigenvalue weighted by atomic mass is 16.5. The zero-order chi connectivity index (χ0) is 27.7. The van der Waals surface area contributed by atoms with Gasteiger partial charge >= 0.3 is 0 Å². The summed E-state index contributed by atoms with van der Waals surface area (Å²) in [6.45, 7) is 11.1. The minimum atomic E-state index is -0.590. The van der Waals surface area contributed by atoms with Gasteiger partial charge in [-0.25, -0.2) is 0 Å². The van der Waals surface area contributed by atoms with Gasteiger partial charge in [0.2, 0.25) is 17.6 Å². The fraction of sp³-hybridized carbons (Fsp3) is 0.679. The topological polar surface area (TPSA) is 97.4 Å². The number of ether oxygens (including phenoxy) is 3. The van der Waals surface area contributed by atoms with Gasteiger partial charge in [-0.3, -0.25) is 14.4 Å². The number of hydrogen-bond acceptors (Lipinski definition) is 6. The number of unbranched alkanes of at least 4 members (excludes halogenated alkanes) is 1. The molecule has 1 aliphatic heterocycles. The Morgan fingerprint density at radius 3 is 2.11 bits per heavy atom. The lowest BCUT2D eigenvalue weighted by Crippen LogP contribution is -2.60. The highest BCUT2D eigenvalue weighted by Gasteiger charge is 2.36. The summed E-state index contributed by atoms with van der Waals surface area (Å²) < 4.78 is 16.2. The van der Waals surface area contributed by atoms with Crippen LogP contribution in [0, 0.1) is 11.8 Å². The summed E-state index contributed by atoms with van der Waals surface area (Å²) in [5.41, 5.74) is 0.422. The van der Waals surface area contributed by atoms with Crippen molar-refractivity contribution in [1.82, 2.24) is 15.1 Å². The molecule has 3 amide bonds. The molecule has 0 aromatic heterocycles. The fourth-order valence-corrected chi connectivity index (χ4v) is 4.78. The van der Waals surface area contributed by atoms with Crippen molar-refractivity contribution in [2.45, 2.75) is 72.4 Å². The van der Waals surface area contributed by atoms with Gasteiger partial charge in [-0.1, -0.05) is 40.5 Å². The van der Waals surface area contributed by atoms with E-state index >= 15 is 0 Å². The molecule has 0 saturated carbocycles. The molecule has 1 aromatic rings. The first-order chi connectivity index (χ1) is 17.6. The van der Waals surface area contributed by atoms with E-state index in [1.54, 1.807) is 21.9 Å². The van der Waals surface area contributed by atoms with Crippen LogP contribution in [0.15, 0.2) is 12.1 Å². The van der Waals surface area contributed by atoms with Crippen LogP contribution in [0.5, 0.6) is 17.2 Å². The molecule has 3 unspecified atom stereocenters. The second-order valence-corrected chi connectivity index (χ2v) is 10.0. The summed E-state index contributed by atoms with van der Waals surface area (Å²) in [4.78, 5) is 43.4. The maximum atomic E-state index is 13.5. The van der Waals surface area contributed by atoms with E-state index < -0.39 is 6.04 Å². The summed E-state index contributed by atoms with van der Waals surface area (Å²) in [6, 6.07) is 2.48. The molecule has 0 radical (unpaired) electrons. The van der Waals surface area contributed by atoms with Crippen molar-refractivity contribution in [2.24, 2.45) is 11.8 Å². The van der Waals surface area contributed by atoms with Crippen molar-refractivity contribution in [1.29, 1.82) is 0 Å². The maximum absolute atomic E-state index is 13.5. The van der Waals surface area contributed by atoms with E-state index in [1.807, 2.05) is 27.7 Å². The third kappa shape index (κ3) is 7.29. The molecule has 208 valence electrons. The molecule has 1 fully saturated rings. The van der Waals surface area contributed by atoms with E-state index in [2.05, 4.69) is 12.2 Å². The van der Waals surface area contributed by atoms with Crippen LogP contribution in [0.4, 0.5) is 0 Å². The molecular formula is C28H45N3O6. The summed E-state index contributed by atoms with van der Waals surface area (Å²) >= 11 is 0. The van der Waals surface area contributed by atoms with E-state index in [4.69, 9.17) is 14.2 Å². The first-order valence-electron chi connectivity index (χ1n) is 13.3. The third-order valence-corrected chi connectivity index (χ3v) is 7.11. The van der Waals surface area contributed by atoms with Gasteiger partial charge in [0, 0.05) is 37.2 Å². The summed E-state index contributed by atoms with van der Waals surface area (Å²) in [5.74, 6) is 0.793. The molecule has 0 bridgehead atoms. The van der Waals surface area contributed by atoms with Crippen molar-refractivity contribution in [3.63, 3.8) is 0 Å². The minimum Gasteiger partial charge on any atom is -0.493 e. The molecule has 1 aliphatic rings. The zero-order valence-electron chi connectivity index (χ0n) is 23.8. The first-order valence-corrected chi connectivity index (χ1v) is 13.3. The molecule has 1 saturated heterocycles. The molecule has 2 rings (SSSR count). The van der Waals surface area contributed by atoms with E-state index in [1.165, 1.54) is 21.3 Å². The van der Waals surface area contributed by atoms with Gasteiger partial charge in [0.25, 0.3) is 5.91 Å². The van der Waals surface area contributed by atoms with Gasteiger partial charge in [0.05, 0.1) is 21.3 Å². The van der Waals surface area contributed by atoms with Crippen molar-refractivity contribution in [3.8, 4) is 17.2 Å². The highest BCUT2D eigenvalue weighted by Crippen LogP contribution is 2.38. The molecule has 37 heavy (non-hydrogen) atoms. The van der Waals surface area contributed by atoms with Gasteiger partial charge in [-0.2, -0.15) is 0 Å². The van der Waals surface area contributed by atoms with Crippen LogP contribution in [-0.4, -0.2) is 80.6 Å². The molecule has 0 aliphatic carbocycles. The Labute approximate surface area is 221 Å². The lowest BCUT2D eigenvalue weighted by molar-refractivity contribution is -0.140. The normalized spacial score (nSPS) is 17.3. The summed E-state index contributed by atoms with van der Waals surface area (Å²) in [5, 5.41) is 3.03. The number of amides is 3. The van der Waals surface area contributed by atoms with Crippen LogP contribution < -0.4 is 19.5 Å². The van der Waals surface area contributed by atoms with E-state index in [0.29, 0.717) is 42.4 Å². The Kier molecular flexibility index (Phi) is 11.5. The molecule has 9 heteroatoms. The number of nitrogens with one attached hydrogen (secondary N) is 1. The van der Waals surface area contributed by atoms with Gasteiger partial charge < -0.3 is 29.3 Å². The Morgan fingerprint density at radius 2 is 1.65 bits per heavy atom. The van der Waals surface area contributed by atoms with Gasteiger partial charge in [-0.15, -0.1) is 0 Å². The average Bonchev–Trinajstić information content (AvgIpc) is 2.90. The first kappa shape index (κ1) is 30.3. The molecule has 1 heterocycles. The van der Waals surface area contributed by atoms with Crippen molar-refractivity contribution < 1.29 is 28.6 Å². The molecule has 3 atom stereocenters. The highest BCUT2D eigenvalue weighted by molar-refractivity contribution is 5.96. The molecular weight excluding hydrogens is 474 g/mol. The van der Waals surface area contributed by atoms with Gasteiger partial charge in [0.15, 0.2) is 11.5 Å². The monoisotopic (exact) mass is 519 g/mol. The maximum Gasteiger partial charge on any atom is 0.254 e. The Morgan fingerprint density at radius 1 is 1.03 bits per heavy atom. The number of methoxy groups -OCH3 is 3. The number of rotatable bonds is 12. The average molecular weight is 520 g/mol. The van der Waals surface area contributed by atoms with Crippen LogP contribution in [0.2, 0.25) is 0 Å². The zero-order valence-corrected chi connectivity index (χ0v) is 23.8. The predicted molar refractivity (Wildman–Crippen MR) is 143 cm³/mol. The quantitative estimate of drug-likeness (QED) is 0.452. The number of carbonyl (C=O) groups excluding carboxylic acids is 3. The number of hydrogen-bond donors (Lipinski definition) is 1. The van der Waals surface area contributed by atoms with Crippen LogP contribution in [0.1, 0.15) is 70.7 Å². The summed E-state index contributed by atoms with van der Waals surface area (Å²) in [7, 11) is 4.53. The lowest BCUT2D eigenvalue weighted by Gasteiger charge is -2.41. The molecule has 1 N–H and O–H groups in total. The summed E-state index contributed by atoms with van der Waals surface area (Å²) in [6.07, 6.45) is 3.61. The number of carbonyl (C=O) groups is 3. The lowest BCUT2D eigenvalue weighted by atomic mass is 9.96. The molecule has 0 spiro atoms. The molecule has 9 nitrogen and oxygen atoms in total. The number of piperazine rings is 1. The molecule has 1 aromatic carbocycles. The van der Waals surface area contributed by atoms with Crippen LogP contribution in [0.3, 0.4) is 0 Å². The van der Waals surface area contributed by atoms with E-state index in [9.17, 15) is 14.4 Å². The predicted octanol–water partition coefficient (Wildman–Crippen LogP) is 3.74. The third-order valence-electron chi connectivity index (χ3n) is 7.11. The smallest absolute Gasteiger partial charge is 0.254 e. The van der Waals surface area contributed by atoms with Gasteiger partial charge in [-0.05, 0) is 37.8 Å². The Bertz CT molecular complexity index is 909. The van der Waals surface area contributed by atoms with Crippen molar-refractivity contribution in [2.75, 3.05) is 41.0 Å². The number of nitrogens with zero attached hydrogens (tertiary/aromatic N) is 2. The Hall–Kier alpha value is -2.97. The minimum absolute atomic E-state index is 0.0469. The van der Waals surface area contributed by atoms with Crippen LogP contribution in [-0.2, 0) is 9.59 Å². The van der Waals surface area contributed by atoms with Crippen molar-refractivity contribution in [3.05, 3.63) is 17.7 Å². The fourth-order valence-electron chi connectivity index (χ4n) is 4.78. The second-order valence-electron chi connectivity index (χ2n) is 10.0. The van der Waals surface area contributed by atoms with Gasteiger partial charge in [0.1, 0.15) is 6.04 Å². The largest absolute Gasteiger partial charge is 0.493 e. The standard InChI is InChI=1S/C28H45N3O6/c1-9-11-12-20(10-2)26(32)29-24(18(3)4)28(34)30-13-14-31(19(5)17-30)27(33)21-15-22(35-6)25(37-8)23(16-21)36-7/h15-16,18-20,24H,9-14,17H2,1-8H3,(H,29,32). The van der Waals surface area contributed by atoms with E-state index in [-0.39, 0.29) is 35.6 Å². The number of benzene rings is 1. The van der Waals surface area contributed by atoms with Crippen LogP contribution >= 0.6 is 0 Å². The van der Waals surface area contributed by atoms with Crippen LogP contribution in [0.25, 0.3) is 0 Å². The van der Waals surface area contributed by atoms with E-state index in [0.717, 1.165) is 25.7 Å². The SMILES string of the molecule is CCCCC(CC)C(=O)NC(C(=O)N1CCN(C(=O)c2cc(OC)c(OC)c(OC)c2)C(C)C1)C(C)C.